The average Bonchev–Trinajstić information content (AvgIpc) is 3.82. The van der Waals surface area contributed by atoms with E-state index < -0.39 is 29.7 Å². The number of fused-ring (bicyclic) bond motifs is 2. The number of amides is 6. The maximum atomic E-state index is 14.0. The van der Waals surface area contributed by atoms with Crippen LogP contribution in [0.3, 0.4) is 0 Å². The molecule has 0 bridgehead atoms. The first kappa shape index (κ1) is 40.2. The number of anilines is 2. The second-order valence-electron chi connectivity index (χ2n) is 17.1. The van der Waals surface area contributed by atoms with Gasteiger partial charge in [0.2, 0.25) is 11.8 Å². The van der Waals surface area contributed by atoms with E-state index in [1.54, 1.807) is 12.1 Å². The van der Waals surface area contributed by atoms with Crippen molar-refractivity contribution >= 4 is 52.2 Å². The lowest BCUT2D eigenvalue weighted by atomic mass is 9.95. The molecule has 2 atom stereocenters. The number of piperidine rings is 3. The predicted octanol–water partition coefficient (Wildman–Crippen LogP) is 4.56. The molecule has 6 amide bonds. The van der Waals surface area contributed by atoms with E-state index in [2.05, 4.69) is 25.1 Å². The van der Waals surface area contributed by atoms with Crippen molar-refractivity contribution in [3.05, 3.63) is 90.3 Å². The quantitative estimate of drug-likeness (QED) is 0.207. The second-order valence-corrected chi connectivity index (χ2v) is 17.1. The number of nitrogen functional groups attached to an aromatic ring is 1. The Morgan fingerprint density at radius 3 is 2.29 bits per heavy atom. The highest BCUT2D eigenvalue weighted by molar-refractivity contribution is 6.23. The van der Waals surface area contributed by atoms with E-state index in [1.165, 1.54) is 6.33 Å². The van der Waals surface area contributed by atoms with Crippen LogP contribution in [-0.2, 0) is 9.59 Å². The minimum absolute atomic E-state index is 0.0576. The standard InChI is InChI=1S/C46H49N11O6/c47-41-39-40(30-8-11-34(12-9-30)63-33-6-2-1-3-7-33)51-57(42(39)49-28-48-41)32-5-4-18-55(27-32)46(62)54-23-21-52(22-24-54)26-29-16-19-53(20-17-29)31-10-13-35-36(25-31)45(61)56(44(35)60)37-14-15-38(58)50-43(37)59/h1-3,6-13,25,28-29,32,37H,4-5,14-24,26-27H2,(H2,47,48,49)(H,50,58,59). The first-order valence-electron chi connectivity index (χ1n) is 21.9. The molecule has 5 aliphatic rings. The molecule has 4 fully saturated rings. The summed E-state index contributed by atoms with van der Waals surface area (Å²) in [7, 11) is 0. The Labute approximate surface area is 363 Å². The fourth-order valence-corrected chi connectivity index (χ4v) is 9.80. The van der Waals surface area contributed by atoms with E-state index in [1.807, 2.05) is 75.1 Å². The number of nitrogens with one attached hydrogen (secondary N) is 1. The number of benzene rings is 3. The van der Waals surface area contributed by atoms with Gasteiger partial charge in [0.1, 0.15) is 35.4 Å². The highest BCUT2D eigenvalue weighted by atomic mass is 16.5. The van der Waals surface area contributed by atoms with Crippen LogP contribution in [0.4, 0.5) is 16.3 Å². The summed E-state index contributed by atoms with van der Waals surface area (Å²) < 4.78 is 7.94. The van der Waals surface area contributed by atoms with Gasteiger partial charge in [-0.05, 0) is 92.6 Å². The molecule has 0 spiro atoms. The zero-order valence-corrected chi connectivity index (χ0v) is 34.9. The molecule has 0 radical (unpaired) electrons. The van der Waals surface area contributed by atoms with Gasteiger partial charge in [-0.3, -0.25) is 34.3 Å². The van der Waals surface area contributed by atoms with E-state index in [-0.39, 0.29) is 30.5 Å². The molecular weight excluding hydrogens is 803 g/mol. The molecule has 324 valence electrons. The van der Waals surface area contributed by atoms with Gasteiger partial charge in [0.25, 0.3) is 11.8 Å². The molecule has 3 aromatic carbocycles. The monoisotopic (exact) mass is 851 g/mol. The maximum Gasteiger partial charge on any atom is 0.320 e. The van der Waals surface area contributed by atoms with Gasteiger partial charge in [-0.1, -0.05) is 18.2 Å². The van der Waals surface area contributed by atoms with Crippen LogP contribution in [0, 0.1) is 5.92 Å². The second kappa shape index (κ2) is 16.8. The summed E-state index contributed by atoms with van der Waals surface area (Å²) in [5.41, 5.74) is 10.1. The van der Waals surface area contributed by atoms with Crippen molar-refractivity contribution in [3.8, 4) is 22.8 Å². The number of imide groups is 2. The van der Waals surface area contributed by atoms with Crippen LogP contribution < -0.4 is 20.7 Å². The Morgan fingerprint density at radius 2 is 1.52 bits per heavy atom. The largest absolute Gasteiger partial charge is 0.457 e. The number of likely N-dealkylation sites (tertiary alicyclic amines) is 1. The first-order valence-corrected chi connectivity index (χ1v) is 21.9. The minimum atomic E-state index is -0.983. The van der Waals surface area contributed by atoms with Crippen LogP contribution >= 0.6 is 0 Å². The number of hydrogen-bond acceptors (Lipinski definition) is 12. The van der Waals surface area contributed by atoms with Crippen LogP contribution in [0.25, 0.3) is 22.3 Å². The third kappa shape index (κ3) is 7.81. The number of piperazine rings is 1. The van der Waals surface area contributed by atoms with Gasteiger partial charge >= 0.3 is 6.03 Å². The number of nitrogens with zero attached hydrogens (tertiary/aromatic N) is 9. The SMILES string of the molecule is Nc1ncnc2c1c(-c1ccc(Oc3ccccc3)cc1)nn2C1CCCN(C(=O)N2CCN(CC3CCN(c4ccc5c(c4)C(=O)N(C4CCC(=O)NC4=O)C5=O)CC3)CC2)C1. The molecule has 63 heavy (non-hydrogen) atoms. The molecule has 5 aromatic rings. The lowest BCUT2D eigenvalue weighted by molar-refractivity contribution is -0.136. The third-order valence-corrected chi connectivity index (χ3v) is 13.2. The van der Waals surface area contributed by atoms with Crippen molar-refractivity contribution in [1.82, 2.24) is 44.7 Å². The van der Waals surface area contributed by atoms with Crippen molar-refractivity contribution in [2.75, 3.05) is 69.5 Å². The van der Waals surface area contributed by atoms with Crippen molar-refractivity contribution in [3.63, 3.8) is 0 Å². The Morgan fingerprint density at radius 1 is 0.778 bits per heavy atom. The van der Waals surface area contributed by atoms with Gasteiger partial charge in [0, 0.05) is 76.6 Å². The summed E-state index contributed by atoms with van der Waals surface area (Å²) in [6, 6.07) is 21.7. The number of ether oxygens (including phenoxy) is 1. The average molecular weight is 852 g/mol. The van der Waals surface area contributed by atoms with E-state index in [4.69, 9.17) is 15.6 Å². The van der Waals surface area contributed by atoms with E-state index in [9.17, 15) is 24.0 Å². The van der Waals surface area contributed by atoms with Crippen molar-refractivity contribution in [1.29, 1.82) is 0 Å². The Kier molecular flexibility index (Phi) is 10.7. The van der Waals surface area contributed by atoms with Gasteiger partial charge in [-0.2, -0.15) is 5.10 Å². The summed E-state index contributed by atoms with van der Waals surface area (Å²) in [5, 5.41) is 8.02. The summed E-state index contributed by atoms with van der Waals surface area (Å²) >= 11 is 0. The number of hydrogen-bond donors (Lipinski definition) is 2. The fourth-order valence-electron chi connectivity index (χ4n) is 9.80. The van der Waals surface area contributed by atoms with E-state index >= 15 is 0 Å². The third-order valence-electron chi connectivity index (χ3n) is 13.2. The molecule has 4 saturated heterocycles. The van der Waals surface area contributed by atoms with Crippen LogP contribution in [0.5, 0.6) is 11.5 Å². The number of carbonyl (C=O) groups excluding carboxylic acids is 5. The van der Waals surface area contributed by atoms with Crippen LogP contribution in [0.1, 0.15) is 65.3 Å². The Hall–Kier alpha value is -6.88. The van der Waals surface area contributed by atoms with E-state index in [0.717, 1.165) is 80.3 Å². The summed E-state index contributed by atoms with van der Waals surface area (Å²) in [6.07, 6.45) is 5.34. The van der Waals surface area contributed by atoms with Gasteiger partial charge in [0.15, 0.2) is 5.65 Å². The highest BCUT2D eigenvalue weighted by Crippen LogP contribution is 2.36. The topological polar surface area (TPSA) is 192 Å². The molecular formula is C46H49N11O6. The van der Waals surface area contributed by atoms with Gasteiger partial charge in [-0.25, -0.2) is 19.4 Å². The van der Waals surface area contributed by atoms with Crippen LogP contribution in [-0.4, -0.2) is 134 Å². The molecule has 0 saturated carbocycles. The molecule has 3 N–H and O–H groups in total. The predicted molar refractivity (Wildman–Crippen MR) is 233 cm³/mol. The summed E-state index contributed by atoms with van der Waals surface area (Å²) in [4.78, 5) is 83.3. The normalized spacial score (nSPS) is 21.3. The van der Waals surface area contributed by atoms with Crippen LogP contribution in [0.2, 0.25) is 0 Å². The number of nitrogens with two attached hydrogens (primary N) is 1. The molecule has 10 rings (SSSR count). The molecule has 2 unspecified atom stereocenters. The first-order chi connectivity index (χ1) is 30.7. The Balaban J connectivity index is 0.724. The minimum Gasteiger partial charge on any atom is -0.457 e. The zero-order chi connectivity index (χ0) is 43.2. The zero-order valence-electron chi connectivity index (χ0n) is 34.9. The van der Waals surface area contributed by atoms with Crippen molar-refractivity contribution in [2.24, 2.45) is 5.92 Å². The number of aromatic nitrogens is 4. The lowest BCUT2D eigenvalue weighted by Crippen LogP contribution is -2.55. The number of carbonyl (C=O) groups is 5. The maximum absolute atomic E-state index is 14.0. The van der Waals surface area contributed by atoms with Gasteiger partial charge in [-0.15, -0.1) is 0 Å². The van der Waals surface area contributed by atoms with Crippen LogP contribution in [0.15, 0.2) is 79.1 Å². The molecule has 2 aromatic heterocycles. The fraction of sp³-hybridized carbons (Fsp3) is 0.391. The van der Waals surface area contributed by atoms with Crippen molar-refractivity contribution in [2.45, 2.75) is 50.6 Å². The number of rotatable bonds is 8. The van der Waals surface area contributed by atoms with Crippen molar-refractivity contribution < 1.29 is 28.7 Å². The molecule has 0 aliphatic carbocycles. The van der Waals surface area contributed by atoms with Gasteiger partial charge in [0.05, 0.1) is 22.6 Å². The molecule has 17 nitrogen and oxygen atoms in total. The molecule has 5 aliphatic heterocycles. The highest BCUT2D eigenvalue weighted by Gasteiger charge is 2.45. The summed E-state index contributed by atoms with van der Waals surface area (Å²) in [6.45, 7) is 6.76. The van der Waals surface area contributed by atoms with E-state index in [0.29, 0.717) is 66.0 Å². The smallest absolute Gasteiger partial charge is 0.320 e. The lowest BCUT2D eigenvalue weighted by Gasteiger charge is -2.41. The summed E-state index contributed by atoms with van der Waals surface area (Å²) in [5.74, 6) is 0.320. The Bertz CT molecular complexity index is 2580. The molecule has 17 heteroatoms. The van der Waals surface area contributed by atoms with Gasteiger partial charge < -0.3 is 25.2 Å². The number of urea groups is 1. The molecule has 7 heterocycles. The number of para-hydroxylation sites is 1.